The van der Waals surface area contributed by atoms with Gasteiger partial charge in [0.15, 0.2) is 5.89 Å². The minimum Gasteiger partial charge on any atom is -0.466 e. The van der Waals surface area contributed by atoms with Gasteiger partial charge < -0.3 is 9.15 Å². The van der Waals surface area contributed by atoms with Gasteiger partial charge in [0.05, 0.1) is 7.11 Å². The molecule has 0 atom stereocenters. The summed E-state index contributed by atoms with van der Waals surface area (Å²) in [4.78, 5) is 14.6. The predicted octanol–water partition coefficient (Wildman–Crippen LogP) is 1.17. The molecule has 0 saturated heterocycles. The number of hydrogen-bond donors (Lipinski definition) is 0. The number of rotatable bonds is 2. The molecular weight excluding hydrogens is 158 g/mol. The molecule has 1 heterocycles. The smallest absolute Gasteiger partial charge is 0.330 e. The van der Waals surface area contributed by atoms with Crippen molar-refractivity contribution in [3.8, 4) is 0 Å². The molecule has 0 radical (unpaired) electrons. The molecule has 0 aliphatic rings. The zero-order valence-corrected chi connectivity index (χ0v) is 6.90. The maximum absolute atomic E-state index is 10.6. The van der Waals surface area contributed by atoms with Gasteiger partial charge in [0.1, 0.15) is 12.0 Å². The molecule has 12 heavy (non-hydrogen) atoms. The molecule has 0 unspecified atom stereocenters. The van der Waals surface area contributed by atoms with Gasteiger partial charge in [0.25, 0.3) is 0 Å². The van der Waals surface area contributed by atoms with E-state index < -0.39 is 5.97 Å². The minimum absolute atomic E-state index is 0.407. The van der Waals surface area contributed by atoms with Crippen LogP contribution in [-0.4, -0.2) is 18.1 Å². The van der Waals surface area contributed by atoms with Crippen molar-refractivity contribution >= 4 is 12.0 Å². The molecule has 0 amide bonds. The maximum atomic E-state index is 10.6. The first-order chi connectivity index (χ1) is 5.72. The van der Waals surface area contributed by atoms with E-state index in [9.17, 15) is 4.79 Å². The van der Waals surface area contributed by atoms with Gasteiger partial charge in [-0.3, -0.25) is 0 Å². The van der Waals surface area contributed by atoms with E-state index in [4.69, 9.17) is 4.42 Å². The standard InChI is InChI=1S/C8H9NO3/c1-6-9-7(5-12-6)3-4-8(10)11-2/h3-5H,1-2H3/b4-3+. The number of esters is 1. The van der Waals surface area contributed by atoms with Gasteiger partial charge in [-0.1, -0.05) is 0 Å². The van der Waals surface area contributed by atoms with Crippen LogP contribution in [0.2, 0.25) is 0 Å². The molecule has 0 aliphatic heterocycles. The van der Waals surface area contributed by atoms with Crippen LogP contribution in [0.1, 0.15) is 11.6 Å². The first kappa shape index (κ1) is 8.52. The van der Waals surface area contributed by atoms with Crippen molar-refractivity contribution in [2.45, 2.75) is 6.92 Å². The second-order valence-corrected chi connectivity index (χ2v) is 2.15. The van der Waals surface area contributed by atoms with Crippen molar-refractivity contribution in [3.05, 3.63) is 23.9 Å². The first-order valence-electron chi connectivity index (χ1n) is 3.40. The topological polar surface area (TPSA) is 52.3 Å². The Morgan fingerprint density at radius 3 is 3.00 bits per heavy atom. The fourth-order valence-corrected chi connectivity index (χ4v) is 0.678. The van der Waals surface area contributed by atoms with E-state index in [2.05, 4.69) is 9.72 Å². The highest BCUT2D eigenvalue weighted by Gasteiger charge is 1.95. The molecule has 0 fully saturated rings. The zero-order chi connectivity index (χ0) is 8.97. The molecule has 4 heteroatoms. The van der Waals surface area contributed by atoms with Crippen LogP contribution in [-0.2, 0) is 9.53 Å². The van der Waals surface area contributed by atoms with Gasteiger partial charge in [-0.2, -0.15) is 0 Å². The molecule has 1 rings (SSSR count). The Balaban J connectivity index is 2.63. The van der Waals surface area contributed by atoms with Crippen LogP contribution in [0, 0.1) is 6.92 Å². The summed E-state index contributed by atoms with van der Waals surface area (Å²) in [5.41, 5.74) is 0.609. The molecule has 0 aromatic carbocycles. The summed E-state index contributed by atoms with van der Waals surface area (Å²) in [7, 11) is 1.32. The number of aryl methyl sites for hydroxylation is 1. The molecule has 0 bridgehead atoms. The highest BCUT2D eigenvalue weighted by molar-refractivity contribution is 5.86. The quantitative estimate of drug-likeness (QED) is 0.490. The van der Waals surface area contributed by atoms with Gasteiger partial charge in [0.2, 0.25) is 0 Å². The van der Waals surface area contributed by atoms with E-state index in [1.54, 1.807) is 6.92 Å². The normalized spacial score (nSPS) is 10.5. The number of nitrogens with zero attached hydrogens (tertiary/aromatic N) is 1. The van der Waals surface area contributed by atoms with E-state index in [0.29, 0.717) is 11.6 Å². The highest BCUT2D eigenvalue weighted by Crippen LogP contribution is 2.01. The molecule has 0 aliphatic carbocycles. The van der Waals surface area contributed by atoms with Crippen molar-refractivity contribution in [2.24, 2.45) is 0 Å². The average Bonchev–Trinajstić information content (AvgIpc) is 2.47. The molecular formula is C8H9NO3. The van der Waals surface area contributed by atoms with Crippen molar-refractivity contribution < 1.29 is 13.9 Å². The fourth-order valence-electron chi connectivity index (χ4n) is 0.678. The van der Waals surface area contributed by atoms with Crippen LogP contribution in [0.4, 0.5) is 0 Å². The van der Waals surface area contributed by atoms with Gasteiger partial charge in [-0.05, 0) is 6.08 Å². The Morgan fingerprint density at radius 1 is 1.75 bits per heavy atom. The van der Waals surface area contributed by atoms with Crippen LogP contribution >= 0.6 is 0 Å². The van der Waals surface area contributed by atoms with Gasteiger partial charge in [-0.15, -0.1) is 0 Å². The van der Waals surface area contributed by atoms with E-state index in [1.807, 2.05) is 0 Å². The van der Waals surface area contributed by atoms with Crippen molar-refractivity contribution in [1.82, 2.24) is 4.98 Å². The van der Waals surface area contributed by atoms with Crippen LogP contribution in [0.3, 0.4) is 0 Å². The lowest BCUT2D eigenvalue weighted by atomic mass is 10.4. The Morgan fingerprint density at radius 2 is 2.50 bits per heavy atom. The number of methoxy groups -OCH3 is 1. The Bertz CT molecular complexity index is 301. The second-order valence-electron chi connectivity index (χ2n) is 2.15. The third kappa shape index (κ3) is 2.23. The molecule has 4 nitrogen and oxygen atoms in total. The number of oxazole rings is 1. The predicted molar refractivity (Wildman–Crippen MR) is 42.3 cm³/mol. The third-order valence-corrected chi connectivity index (χ3v) is 1.23. The van der Waals surface area contributed by atoms with Crippen molar-refractivity contribution in [2.75, 3.05) is 7.11 Å². The van der Waals surface area contributed by atoms with Gasteiger partial charge in [-0.25, -0.2) is 9.78 Å². The minimum atomic E-state index is -0.407. The lowest BCUT2D eigenvalue weighted by Crippen LogP contribution is -1.93. The lowest BCUT2D eigenvalue weighted by molar-refractivity contribution is -0.134. The van der Waals surface area contributed by atoms with Crippen LogP contribution in [0.15, 0.2) is 16.8 Å². The fraction of sp³-hybridized carbons (Fsp3) is 0.250. The molecule has 1 aromatic heterocycles. The Labute approximate surface area is 69.9 Å². The maximum Gasteiger partial charge on any atom is 0.330 e. The van der Waals surface area contributed by atoms with E-state index >= 15 is 0 Å². The van der Waals surface area contributed by atoms with Crippen LogP contribution in [0.25, 0.3) is 6.08 Å². The molecule has 0 N–H and O–H groups in total. The van der Waals surface area contributed by atoms with E-state index in [0.717, 1.165) is 0 Å². The summed E-state index contributed by atoms with van der Waals surface area (Å²) in [6, 6.07) is 0. The second kappa shape index (κ2) is 3.71. The van der Waals surface area contributed by atoms with Crippen LogP contribution in [0.5, 0.6) is 0 Å². The largest absolute Gasteiger partial charge is 0.466 e. The Hall–Kier alpha value is -1.58. The molecule has 0 spiro atoms. The summed E-state index contributed by atoms with van der Waals surface area (Å²) < 4.78 is 9.31. The SMILES string of the molecule is COC(=O)/C=C/c1coc(C)n1. The van der Waals surface area contributed by atoms with E-state index in [1.165, 1.54) is 25.5 Å². The number of ether oxygens (including phenoxy) is 1. The third-order valence-electron chi connectivity index (χ3n) is 1.23. The average molecular weight is 167 g/mol. The van der Waals surface area contributed by atoms with Gasteiger partial charge >= 0.3 is 5.97 Å². The first-order valence-corrected chi connectivity index (χ1v) is 3.40. The zero-order valence-electron chi connectivity index (χ0n) is 6.90. The summed E-state index contributed by atoms with van der Waals surface area (Å²) in [6.45, 7) is 1.73. The molecule has 0 saturated carbocycles. The van der Waals surface area contributed by atoms with Crippen molar-refractivity contribution in [3.63, 3.8) is 0 Å². The van der Waals surface area contributed by atoms with E-state index in [-0.39, 0.29) is 0 Å². The summed E-state index contributed by atoms with van der Waals surface area (Å²) >= 11 is 0. The number of carbonyl (C=O) groups is 1. The van der Waals surface area contributed by atoms with Gasteiger partial charge in [0, 0.05) is 13.0 Å². The summed E-state index contributed by atoms with van der Waals surface area (Å²) in [6.07, 6.45) is 4.29. The summed E-state index contributed by atoms with van der Waals surface area (Å²) in [5.74, 6) is 0.162. The van der Waals surface area contributed by atoms with Crippen molar-refractivity contribution in [1.29, 1.82) is 0 Å². The lowest BCUT2D eigenvalue weighted by Gasteiger charge is -1.86. The molecule has 1 aromatic rings. The Kier molecular flexibility index (Phi) is 2.63. The monoisotopic (exact) mass is 167 g/mol. The number of aromatic nitrogens is 1. The highest BCUT2D eigenvalue weighted by atomic mass is 16.5. The molecule has 64 valence electrons. The number of hydrogen-bond acceptors (Lipinski definition) is 4. The van der Waals surface area contributed by atoms with Crippen LogP contribution < -0.4 is 0 Å². The number of carbonyl (C=O) groups excluding carboxylic acids is 1. The summed E-state index contributed by atoms with van der Waals surface area (Å²) in [5, 5.41) is 0.